The number of carbonyl (C=O) groups excluding carboxylic acids is 4. The smallest absolute Gasteiger partial charge is 0.408 e. The number of oxazole rings is 1. The second-order valence-electron chi connectivity index (χ2n) is 16.0. The molecule has 1 aliphatic heterocycles. The molecule has 1 saturated heterocycles. The van der Waals surface area contributed by atoms with Crippen molar-refractivity contribution in [1.29, 1.82) is 0 Å². The van der Waals surface area contributed by atoms with Crippen molar-refractivity contribution in [2.45, 2.75) is 90.6 Å². The largest absolute Gasteiger partial charge is 0.449 e. The van der Waals surface area contributed by atoms with Gasteiger partial charge in [-0.15, -0.1) is 0 Å². The van der Waals surface area contributed by atoms with Crippen LogP contribution in [-0.4, -0.2) is 70.8 Å². The Balaban J connectivity index is 1.19. The van der Waals surface area contributed by atoms with Gasteiger partial charge in [-0.05, 0) is 61.8 Å². The summed E-state index contributed by atoms with van der Waals surface area (Å²) in [7, 11) is 0. The molecule has 4 atom stereocenters. The van der Waals surface area contributed by atoms with Gasteiger partial charge in [-0.25, -0.2) is 14.6 Å². The van der Waals surface area contributed by atoms with E-state index in [1.165, 1.54) is 6.92 Å². The van der Waals surface area contributed by atoms with Gasteiger partial charge in [0.15, 0.2) is 0 Å². The van der Waals surface area contributed by atoms with E-state index in [2.05, 4.69) is 40.2 Å². The fraction of sp³-hybridized carbons (Fsp3) is 0.405. The van der Waals surface area contributed by atoms with Gasteiger partial charge in [0.1, 0.15) is 42.3 Å². The number of ether oxygens (including phenoxy) is 2. The zero-order valence-electron chi connectivity index (χ0n) is 31.8. The average molecular weight is 736 g/mol. The minimum absolute atomic E-state index is 0.107. The summed E-state index contributed by atoms with van der Waals surface area (Å²) in [6, 6.07) is 22.6. The topological polar surface area (TPSA) is 152 Å². The molecule has 6 rings (SSSR count). The number of rotatable bonds is 9. The molecule has 12 heteroatoms. The maximum Gasteiger partial charge on any atom is 0.408 e. The standard InChI is InChI=1S/C42H49N5O7/c1-25(43-40(51)54-42(5,6)7)36(48)46-35(41(2,3)4)38(49)47-22-27(21-34(47)37-45-33(24-52-37)26-15-9-8-10-16-26)44-39(50)53-23-32-30-19-13-11-17-28(30)29-18-12-14-20-31(29)32/h8-20,24-25,27,32,34-35H,21-23H2,1-7H3,(H,43,51)(H,44,50)(H,46,48)/t25-,27-,34-,35+/m0/s1. The predicted octanol–water partition coefficient (Wildman–Crippen LogP) is 6.97. The molecule has 12 nitrogen and oxygen atoms in total. The lowest BCUT2D eigenvalue weighted by molar-refractivity contribution is -0.141. The monoisotopic (exact) mass is 735 g/mol. The number of carbonyl (C=O) groups is 4. The van der Waals surface area contributed by atoms with Crippen molar-refractivity contribution in [1.82, 2.24) is 25.8 Å². The Labute approximate surface area is 316 Å². The van der Waals surface area contributed by atoms with E-state index in [-0.39, 0.29) is 25.0 Å². The van der Waals surface area contributed by atoms with Crippen LogP contribution in [0.1, 0.15) is 83.9 Å². The SMILES string of the molecule is C[C@H](NC(=O)OC(C)(C)C)C(=O)N[C@H](C(=O)N1C[C@@H](NC(=O)OCC2c3ccccc3-c3ccccc32)C[C@H]1c1nc(-c2ccccc2)co1)C(C)(C)C. The molecule has 4 amide bonds. The predicted molar refractivity (Wildman–Crippen MR) is 203 cm³/mol. The Bertz CT molecular complexity index is 1950. The molecule has 284 valence electrons. The van der Waals surface area contributed by atoms with E-state index in [9.17, 15) is 19.2 Å². The number of likely N-dealkylation sites (tertiary alicyclic amines) is 1. The summed E-state index contributed by atoms with van der Waals surface area (Å²) >= 11 is 0. The quantitative estimate of drug-likeness (QED) is 0.167. The first-order chi connectivity index (χ1) is 25.6. The van der Waals surface area contributed by atoms with Crippen LogP contribution < -0.4 is 16.0 Å². The summed E-state index contributed by atoms with van der Waals surface area (Å²) in [4.78, 5) is 60.2. The van der Waals surface area contributed by atoms with Crippen LogP contribution in [0, 0.1) is 5.41 Å². The van der Waals surface area contributed by atoms with Crippen LogP contribution in [0.3, 0.4) is 0 Å². The van der Waals surface area contributed by atoms with Gasteiger partial charge in [0, 0.05) is 18.0 Å². The van der Waals surface area contributed by atoms with Gasteiger partial charge < -0.3 is 34.7 Å². The van der Waals surface area contributed by atoms with Gasteiger partial charge >= 0.3 is 12.2 Å². The fourth-order valence-electron chi connectivity index (χ4n) is 7.04. The third kappa shape index (κ3) is 8.59. The minimum Gasteiger partial charge on any atom is -0.449 e. The zero-order chi connectivity index (χ0) is 38.8. The Morgan fingerprint density at radius 1 is 0.852 bits per heavy atom. The van der Waals surface area contributed by atoms with Crippen molar-refractivity contribution >= 4 is 24.0 Å². The molecule has 3 N–H and O–H groups in total. The van der Waals surface area contributed by atoms with Crippen molar-refractivity contribution in [3.05, 3.63) is 102 Å². The third-order valence-electron chi connectivity index (χ3n) is 9.65. The van der Waals surface area contributed by atoms with Crippen molar-refractivity contribution < 1.29 is 33.1 Å². The summed E-state index contributed by atoms with van der Waals surface area (Å²) in [5.74, 6) is -0.745. The first-order valence-electron chi connectivity index (χ1n) is 18.3. The van der Waals surface area contributed by atoms with Gasteiger partial charge in [-0.2, -0.15) is 0 Å². The molecular formula is C42H49N5O7. The number of hydrogen-bond acceptors (Lipinski definition) is 8. The normalized spacial score (nSPS) is 17.9. The molecule has 4 aromatic rings. The Morgan fingerprint density at radius 3 is 2.07 bits per heavy atom. The number of aromatic nitrogens is 1. The molecule has 2 aliphatic rings. The number of nitrogens with zero attached hydrogens (tertiary/aromatic N) is 2. The van der Waals surface area contributed by atoms with Crippen LogP contribution in [0.2, 0.25) is 0 Å². The highest BCUT2D eigenvalue weighted by Gasteiger charge is 2.45. The third-order valence-corrected chi connectivity index (χ3v) is 9.65. The van der Waals surface area contributed by atoms with E-state index in [0.29, 0.717) is 18.0 Å². The molecule has 0 radical (unpaired) electrons. The van der Waals surface area contributed by atoms with E-state index in [1.54, 1.807) is 31.9 Å². The molecule has 1 fully saturated rings. The summed E-state index contributed by atoms with van der Waals surface area (Å²) in [6.07, 6.45) is 0.498. The van der Waals surface area contributed by atoms with Gasteiger partial charge in [-0.1, -0.05) is 99.6 Å². The molecule has 1 aliphatic carbocycles. The molecule has 54 heavy (non-hydrogen) atoms. The summed E-state index contributed by atoms with van der Waals surface area (Å²) in [6.45, 7) is 12.5. The number of hydrogen-bond donors (Lipinski definition) is 3. The highest BCUT2D eigenvalue weighted by Crippen LogP contribution is 2.44. The summed E-state index contributed by atoms with van der Waals surface area (Å²) < 4.78 is 17.1. The van der Waals surface area contributed by atoms with Crippen molar-refractivity contribution in [3.8, 4) is 22.4 Å². The van der Waals surface area contributed by atoms with Gasteiger partial charge in [0.25, 0.3) is 0 Å². The Morgan fingerprint density at radius 2 is 1.46 bits per heavy atom. The minimum atomic E-state index is -1.01. The van der Waals surface area contributed by atoms with Crippen LogP contribution >= 0.6 is 0 Å². The van der Waals surface area contributed by atoms with Gasteiger partial charge in [0.05, 0.1) is 6.04 Å². The maximum absolute atomic E-state index is 14.6. The molecule has 1 aromatic heterocycles. The lowest BCUT2D eigenvalue weighted by atomic mass is 9.85. The first-order valence-corrected chi connectivity index (χ1v) is 18.3. The highest BCUT2D eigenvalue weighted by atomic mass is 16.6. The van der Waals surface area contributed by atoms with Crippen molar-refractivity contribution in [3.63, 3.8) is 0 Å². The fourth-order valence-corrected chi connectivity index (χ4v) is 7.04. The molecule has 2 heterocycles. The van der Waals surface area contributed by atoms with Crippen molar-refractivity contribution in [2.75, 3.05) is 13.2 Å². The van der Waals surface area contributed by atoms with Crippen LogP contribution in [0.25, 0.3) is 22.4 Å². The van der Waals surface area contributed by atoms with E-state index < -0.39 is 53.3 Å². The average Bonchev–Trinajstić information content (AvgIpc) is 3.85. The zero-order valence-corrected chi connectivity index (χ0v) is 31.8. The van der Waals surface area contributed by atoms with Crippen LogP contribution in [-0.2, 0) is 19.1 Å². The molecule has 0 spiro atoms. The number of fused-ring (bicyclic) bond motifs is 3. The molecule has 0 saturated carbocycles. The van der Waals surface area contributed by atoms with Crippen LogP contribution in [0.15, 0.2) is 89.5 Å². The van der Waals surface area contributed by atoms with Crippen LogP contribution in [0.5, 0.6) is 0 Å². The summed E-state index contributed by atoms with van der Waals surface area (Å²) in [5.41, 5.74) is 4.43. The van der Waals surface area contributed by atoms with E-state index in [1.807, 2.05) is 75.4 Å². The van der Waals surface area contributed by atoms with E-state index in [4.69, 9.17) is 18.9 Å². The Kier molecular flexibility index (Phi) is 10.8. The number of amides is 4. The Hall–Kier alpha value is -5.65. The molecular weight excluding hydrogens is 686 g/mol. The lowest BCUT2D eigenvalue weighted by Gasteiger charge is -2.35. The molecule has 0 unspecified atom stereocenters. The highest BCUT2D eigenvalue weighted by molar-refractivity contribution is 5.92. The van der Waals surface area contributed by atoms with Crippen molar-refractivity contribution in [2.24, 2.45) is 5.41 Å². The molecule has 3 aromatic carbocycles. The maximum atomic E-state index is 14.6. The van der Waals surface area contributed by atoms with E-state index >= 15 is 0 Å². The first kappa shape index (κ1) is 38.1. The molecule has 0 bridgehead atoms. The second kappa shape index (κ2) is 15.4. The van der Waals surface area contributed by atoms with Gasteiger partial charge in [0.2, 0.25) is 17.7 Å². The van der Waals surface area contributed by atoms with Crippen LogP contribution in [0.4, 0.5) is 9.59 Å². The number of nitrogens with one attached hydrogen (secondary N) is 3. The number of alkyl carbamates (subject to hydrolysis) is 2. The number of benzene rings is 3. The second-order valence-corrected chi connectivity index (χ2v) is 16.0. The summed E-state index contributed by atoms with van der Waals surface area (Å²) in [5, 5.41) is 8.38. The van der Waals surface area contributed by atoms with E-state index in [0.717, 1.165) is 27.8 Å². The lowest BCUT2D eigenvalue weighted by Crippen LogP contribution is -2.58. The van der Waals surface area contributed by atoms with Gasteiger partial charge in [-0.3, -0.25) is 9.59 Å².